The molecule has 1 aromatic carbocycles. The van der Waals surface area contributed by atoms with Crippen LogP contribution >= 0.6 is 22.9 Å². The van der Waals surface area contributed by atoms with Crippen molar-refractivity contribution < 1.29 is 4.79 Å². The minimum atomic E-state index is -0.251. The summed E-state index contributed by atoms with van der Waals surface area (Å²) in [5.74, 6) is 0.267. The van der Waals surface area contributed by atoms with Crippen molar-refractivity contribution in [1.29, 1.82) is 0 Å². The van der Waals surface area contributed by atoms with Crippen molar-refractivity contribution in [3.63, 3.8) is 0 Å². The van der Waals surface area contributed by atoms with Gasteiger partial charge in [0, 0.05) is 15.8 Å². The van der Waals surface area contributed by atoms with Crippen LogP contribution in [0.15, 0.2) is 29.4 Å². The molecular weight excluding hydrogens is 292 g/mol. The first kappa shape index (κ1) is 15.0. The maximum absolute atomic E-state index is 12.1. The number of carbonyl (C=O) groups is 1. The number of nitrogens with one attached hydrogen (secondary N) is 1. The summed E-state index contributed by atoms with van der Waals surface area (Å²) >= 11 is 7.64. The second kappa shape index (κ2) is 6.37. The fourth-order valence-electron chi connectivity index (χ4n) is 1.99. The Morgan fingerprint density at radius 1 is 1.40 bits per heavy atom. The topological polar surface area (TPSA) is 41.5 Å². The van der Waals surface area contributed by atoms with Crippen molar-refractivity contribution in [3.8, 4) is 0 Å². The number of hydrogen-bond acceptors (Lipinski definition) is 3. The Labute approximate surface area is 127 Å². The molecule has 2 rings (SSSR count). The number of carbonyl (C=O) groups excluding carboxylic acids is 1. The molecule has 0 bridgehead atoms. The zero-order chi connectivity index (χ0) is 14.7. The zero-order valence-electron chi connectivity index (χ0n) is 11.7. The molecule has 0 saturated heterocycles. The third-order valence-corrected chi connectivity index (χ3v) is 4.47. The lowest BCUT2D eigenvalue weighted by Gasteiger charge is -2.04. The van der Waals surface area contributed by atoms with Crippen LogP contribution in [0.25, 0.3) is 10.1 Å². The third-order valence-electron chi connectivity index (χ3n) is 2.79. The Morgan fingerprint density at radius 3 is 2.75 bits per heavy atom. The lowest BCUT2D eigenvalue weighted by Crippen LogP contribution is -2.18. The SMILES string of the molecule is C/C(CC(C)C)=N/NC(=O)c1sc2ccccc2c1Cl. The van der Waals surface area contributed by atoms with Gasteiger partial charge >= 0.3 is 0 Å². The summed E-state index contributed by atoms with van der Waals surface area (Å²) in [6.07, 6.45) is 0.862. The van der Waals surface area contributed by atoms with Gasteiger partial charge in [-0.1, -0.05) is 43.6 Å². The van der Waals surface area contributed by atoms with Crippen LogP contribution in [-0.2, 0) is 0 Å². The van der Waals surface area contributed by atoms with Gasteiger partial charge in [-0.05, 0) is 25.3 Å². The van der Waals surface area contributed by atoms with Crippen molar-refractivity contribution >= 4 is 44.6 Å². The van der Waals surface area contributed by atoms with E-state index in [1.807, 2.05) is 31.2 Å². The summed E-state index contributed by atoms with van der Waals surface area (Å²) in [5.41, 5.74) is 3.49. The lowest BCUT2D eigenvalue weighted by molar-refractivity contribution is 0.0959. The summed E-state index contributed by atoms with van der Waals surface area (Å²) in [6, 6.07) is 7.71. The molecule has 0 aliphatic carbocycles. The molecule has 106 valence electrons. The molecule has 0 aliphatic rings. The van der Waals surface area contributed by atoms with Crippen LogP contribution in [-0.4, -0.2) is 11.6 Å². The minimum absolute atomic E-state index is 0.251. The number of benzene rings is 1. The van der Waals surface area contributed by atoms with E-state index in [1.165, 1.54) is 11.3 Å². The molecule has 2 aromatic rings. The molecule has 1 amide bonds. The fraction of sp³-hybridized carbons (Fsp3) is 0.333. The van der Waals surface area contributed by atoms with Crippen molar-refractivity contribution in [1.82, 2.24) is 5.43 Å². The van der Waals surface area contributed by atoms with E-state index in [2.05, 4.69) is 24.4 Å². The largest absolute Gasteiger partial charge is 0.283 e. The normalized spacial score (nSPS) is 12.2. The maximum Gasteiger partial charge on any atom is 0.283 e. The van der Waals surface area contributed by atoms with E-state index in [0.29, 0.717) is 15.8 Å². The van der Waals surface area contributed by atoms with E-state index in [1.54, 1.807) is 0 Å². The van der Waals surface area contributed by atoms with E-state index >= 15 is 0 Å². The molecule has 1 aromatic heterocycles. The van der Waals surface area contributed by atoms with Gasteiger partial charge in [-0.25, -0.2) is 5.43 Å². The number of hydrogen-bond donors (Lipinski definition) is 1. The van der Waals surface area contributed by atoms with E-state index in [-0.39, 0.29) is 5.91 Å². The van der Waals surface area contributed by atoms with Crippen LogP contribution in [0, 0.1) is 5.92 Å². The van der Waals surface area contributed by atoms with Gasteiger partial charge in [0.15, 0.2) is 0 Å². The van der Waals surface area contributed by atoms with Gasteiger partial charge in [0.05, 0.1) is 5.02 Å². The molecule has 1 heterocycles. The Bertz CT molecular complexity index is 661. The average molecular weight is 309 g/mol. The molecular formula is C15H17ClN2OS. The number of rotatable bonds is 4. The minimum Gasteiger partial charge on any atom is -0.266 e. The number of hydrazone groups is 1. The average Bonchev–Trinajstić information content (AvgIpc) is 2.73. The molecule has 0 saturated carbocycles. The summed E-state index contributed by atoms with van der Waals surface area (Å²) in [5, 5.41) is 5.53. The summed E-state index contributed by atoms with van der Waals surface area (Å²) in [7, 11) is 0. The molecule has 1 N–H and O–H groups in total. The van der Waals surface area contributed by atoms with Crippen LogP contribution in [0.1, 0.15) is 36.9 Å². The first-order valence-corrected chi connectivity index (χ1v) is 7.69. The predicted octanol–water partition coefficient (Wildman–Crippen LogP) is 4.71. The number of amides is 1. The van der Waals surface area contributed by atoms with Crippen molar-refractivity contribution in [2.24, 2.45) is 11.0 Å². The highest BCUT2D eigenvalue weighted by molar-refractivity contribution is 7.21. The summed E-state index contributed by atoms with van der Waals surface area (Å²) in [4.78, 5) is 12.6. The molecule has 0 spiro atoms. The highest BCUT2D eigenvalue weighted by atomic mass is 35.5. The molecule has 0 unspecified atom stereocenters. The van der Waals surface area contributed by atoms with Gasteiger partial charge in [-0.15, -0.1) is 11.3 Å². The van der Waals surface area contributed by atoms with Crippen molar-refractivity contribution in [2.75, 3.05) is 0 Å². The van der Waals surface area contributed by atoms with Gasteiger partial charge < -0.3 is 0 Å². The summed E-state index contributed by atoms with van der Waals surface area (Å²) < 4.78 is 1.01. The van der Waals surface area contributed by atoms with E-state index in [9.17, 15) is 4.79 Å². The number of thiophene rings is 1. The fourth-order valence-corrected chi connectivity index (χ4v) is 3.40. The third kappa shape index (κ3) is 3.38. The number of halogens is 1. The van der Waals surface area contributed by atoms with E-state index in [0.717, 1.165) is 22.2 Å². The Balaban J connectivity index is 2.18. The van der Waals surface area contributed by atoms with Crippen LogP contribution in [0.3, 0.4) is 0 Å². The van der Waals surface area contributed by atoms with Crippen LogP contribution in [0.2, 0.25) is 5.02 Å². The Morgan fingerprint density at radius 2 is 2.10 bits per heavy atom. The first-order chi connectivity index (χ1) is 9.49. The van der Waals surface area contributed by atoms with E-state index in [4.69, 9.17) is 11.6 Å². The Hall–Kier alpha value is -1.39. The van der Waals surface area contributed by atoms with Gasteiger partial charge in [-0.2, -0.15) is 5.10 Å². The second-order valence-corrected chi connectivity index (χ2v) is 6.56. The molecule has 5 heteroatoms. The number of fused-ring (bicyclic) bond motifs is 1. The van der Waals surface area contributed by atoms with Crippen LogP contribution in [0.5, 0.6) is 0 Å². The predicted molar refractivity (Wildman–Crippen MR) is 86.9 cm³/mol. The Kier molecular flexibility index (Phi) is 4.78. The molecule has 3 nitrogen and oxygen atoms in total. The number of nitrogens with zero attached hydrogens (tertiary/aromatic N) is 1. The maximum atomic E-state index is 12.1. The van der Waals surface area contributed by atoms with Crippen molar-refractivity contribution in [2.45, 2.75) is 27.2 Å². The van der Waals surface area contributed by atoms with Gasteiger partial charge in [0.2, 0.25) is 0 Å². The van der Waals surface area contributed by atoms with E-state index < -0.39 is 0 Å². The van der Waals surface area contributed by atoms with Crippen molar-refractivity contribution in [3.05, 3.63) is 34.2 Å². The molecule has 0 fully saturated rings. The van der Waals surface area contributed by atoms with Gasteiger partial charge in [0.1, 0.15) is 4.88 Å². The highest BCUT2D eigenvalue weighted by Gasteiger charge is 2.16. The van der Waals surface area contributed by atoms with Gasteiger partial charge in [-0.3, -0.25) is 4.79 Å². The molecule has 20 heavy (non-hydrogen) atoms. The van der Waals surface area contributed by atoms with Gasteiger partial charge in [0.25, 0.3) is 5.91 Å². The molecule has 0 aliphatic heterocycles. The van der Waals surface area contributed by atoms with Crippen LogP contribution in [0.4, 0.5) is 0 Å². The standard InChI is InChI=1S/C15H17ClN2OS/c1-9(2)8-10(3)17-18-15(19)14-13(16)11-6-4-5-7-12(11)20-14/h4-7,9H,8H2,1-3H3,(H,18,19)/b17-10-. The second-order valence-electron chi connectivity index (χ2n) is 5.13. The summed E-state index contributed by atoms with van der Waals surface area (Å²) in [6.45, 7) is 6.14. The zero-order valence-corrected chi connectivity index (χ0v) is 13.3. The highest BCUT2D eigenvalue weighted by Crippen LogP contribution is 2.34. The lowest BCUT2D eigenvalue weighted by atomic mass is 10.1. The van der Waals surface area contributed by atoms with Crippen LogP contribution < -0.4 is 5.43 Å². The molecule has 0 radical (unpaired) electrons. The quantitative estimate of drug-likeness (QED) is 0.645. The molecule has 0 atom stereocenters. The first-order valence-electron chi connectivity index (χ1n) is 6.49. The smallest absolute Gasteiger partial charge is 0.266 e. The monoisotopic (exact) mass is 308 g/mol.